The van der Waals surface area contributed by atoms with Gasteiger partial charge in [-0.1, -0.05) is 30.3 Å². The Labute approximate surface area is 120 Å². The van der Waals surface area contributed by atoms with Crippen LogP contribution in [0.1, 0.15) is 5.56 Å². The second-order valence-corrected chi connectivity index (χ2v) is 5.36. The van der Waals surface area contributed by atoms with Gasteiger partial charge < -0.3 is 9.30 Å². The molecule has 0 unspecified atom stereocenters. The predicted molar refractivity (Wildman–Crippen MR) is 81.4 cm³/mol. The van der Waals surface area contributed by atoms with Gasteiger partial charge in [0, 0.05) is 23.1 Å². The summed E-state index contributed by atoms with van der Waals surface area (Å²) >= 11 is 3.58. The molecule has 0 atom stereocenters. The lowest BCUT2D eigenvalue weighted by Crippen LogP contribution is -1.96. The van der Waals surface area contributed by atoms with Crippen molar-refractivity contribution in [1.29, 1.82) is 0 Å². The van der Waals surface area contributed by atoms with Crippen LogP contribution in [0.5, 0.6) is 5.75 Å². The van der Waals surface area contributed by atoms with Crippen molar-refractivity contribution < 1.29 is 4.74 Å². The molecule has 0 saturated carbocycles. The molecule has 1 aromatic heterocycles. The molecule has 0 fully saturated rings. The van der Waals surface area contributed by atoms with Crippen LogP contribution in [0.4, 0.5) is 0 Å². The Kier molecular flexibility index (Phi) is 3.30. The maximum Gasteiger partial charge on any atom is 0.129 e. The minimum Gasteiger partial charge on any atom is -0.488 e. The summed E-state index contributed by atoms with van der Waals surface area (Å²) in [5.41, 5.74) is 2.33. The number of aryl methyl sites for hydroxylation is 1. The SMILES string of the molecule is Cn1ccc2c(OCc3ccccc3)ccc(Br)c21. The van der Waals surface area contributed by atoms with Crippen molar-refractivity contribution in [3.8, 4) is 5.75 Å². The summed E-state index contributed by atoms with van der Waals surface area (Å²) in [7, 11) is 2.04. The van der Waals surface area contributed by atoms with Gasteiger partial charge in [0.1, 0.15) is 12.4 Å². The summed E-state index contributed by atoms with van der Waals surface area (Å²) in [5.74, 6) is 0.919. The van der Waals surface area contributed by atoms with E-state index < -0.39 is 0 Å². The predicted octanol–water partition coefficient (Wildman–Crippen LogP) is 4.52. The molecule has 2 nitrogen and oxygen atoms in total. The van der Waals surface area contributed by atoms with Gasteiger partial charge in [-0.2, -0.15) is 0 Å². The average molecular weight is 316 g/mol. The zero-order chi connectivity index (χ0) is 13.2. The van der Waals surface area contributed by atoms with Crippen LogP contribution < -0.4 is 4.74 Å². The summed E-state index contributed by atoms with van der Waals surface area (Å²) in [6, 6.07) is 16.3. The molecule has 19 heavy (non-hydrogen) atoms. The number of halogens is 1. The highest BCUT2D eigenvalue weighted by atomic mass is 79.9. The van der Waals surface area contributed by atoms with Crippen LogP contribution >= 0.6 is 15.9 Å². The molecule has 2 aromatic carbocycles. The maximum atomic E-state index is 5.94. The molecule has 96 valence electrons. The highest BCUT2D eigenvalue weighted by molar-refractivity contribution is 9.10. The maximum absolute atomic E-state index is 5.94. The number of rotatable bonds is 3. The molecule has 0 saturated heterocycles. The van der Waals surface area contributed by atoms with Crippen molar-refractivity contribution in [3.63, 3.8) is 0 Å². The minimum atomic E-state index is 0.590. The number of fused-ring (bicyclic) bond motifs is 1. The molecule has 3 rings (SSSR count). The van der Waals surface area contributed by atoms with Crippen molar-refractivity contribution in [3.05, 3.63) is 64.8 Å². The molecule has 0 radical (unpaired) electrons. The molecule has 0 aliphatic heterocycles. The van der Waals surface area contributed by atoms with Gasteiger partial charge in [-0.05, 0) is 39.7 Å². The molecule has 1 heterocycles. The molecular formula is C16H14BrNO. The quantitative estimate of drug-likeness (QED) is 0.693. The number of hydrogen-bond donors (Lipinski definition) is 0. The molecular weight excluding hydrogens is 302 g/mol. The Balaban J connectivity index is 1.92. The summed E-state index contributed by atoms with van der Waals surface area (Å²) in [6.45, 7) is 0.590. The normalized spacial score (nSPS) is 10.8. The largest absolute Gasteiger partial charge is 0.488 e. The van der Waals surface area contributed by atoms with Crippen LogP contribution in [0.2, 0.25) is 0 Å². The second-order valence-electron chi connectivity index (χ2n) is 4.51. The first-order valence-electron chi connectivity index (χ1n) is 6.16. The number of nitrogens with zero attached hydrogens (tertiary/aromatic N) is 1. The van der Waals surface area contributed by atoms with Gasteiger partial charge in [0.2, 0.25) is 0 Å². The minimum absolute atomic E-state index is 0.590. The second kappa shape index (κ2) is 5.10. The fourth-order valence-electron chi connectivity index (χ4n) is 2.20. The van der Waals surface area contributed by atoms with E-state index in [2.05, 4.69) is 38.7 Å². The lowest BCUT2D eigenvalue weighted by atomic mass is 10.2. The Morgan fingerprint density at radius 3 is 2.63 bits per heavy atom. The van der Waals surface area contributed by atoms with Crippen molar-refractivity contribution >= 4 is 26.8 Å². The zero-order valence-corrected chi connectivity index (χ0v) is 12.2. The van der Waals surface area contributed by atoms with Crippen LogP contribution in [0.25, 0.3) is 10.9 Å². The van der Waals surface area contributed by atoms with E-state index in [9.17, 15) is 0 Å². The monoisotopic (exact) mass is 315 g/mol. The van der Waals surface area contributed by atoms with E-state index in [0.717, 1.165) is 21.1 Å². The fraction of sp³-hybridized carbons (Fsp3) is 0.125. The van der Waals surface area contributed by atoms with Gasteiger partial charge in [-0.15, -0.1) is 0 Å². The van der Waals surface area contributed by atoms with E-state index in [-0.39, 0.29) is 0 Å². The smallest absolute Gasteiger partial charge is 0.129 e. The molecule has 0 amide bonds. The molecule has 3 aromatic rings. The fourth-order valence-corrected chi connectivity index (χ4v) is 2.83. The summed E-state index contributed by atoms with van der Waals surface area (Å²) in [6.07, 6.45) is 2.05. The molecule has 0 bridgehead atoms. The summed E-state index contributed by atoms with van der Waals surface area (Å²) in [4.78, 5) is 0. The third-order valence-electron chi connectivity index (χ3n) is 3.18. The lowest BCUT2D eigenvalue weighted by Gasteiger charge is -2.09. The van der Waals surface area contributed by atoms with E-state index >= 15 is 0 Å². The van der Waals surface area contributed by atoms with Gasteiger partial charge in [-0.25, -0.2) is 0 Å². The average Bonchev–Trinajstić information content (AvgIpc) is 2.83. The van der Waals surface area contributed by atoms with E-state index in [1.165, 1.54) is 5.56 Å². The van der Waals surface area contributed by atoms with Crippen molar-refractivity contribution in [2.75, 3.05) is 0 Å². The van der Waals surface area contributed by atoms with E-state index in [1.54, 1.807) is 0 Å². The van der Waals surface area contributed by atoms with Crippen molar-refractivity contribution in [2.45, 2.75) is 6.61 Å². The van der Waals surface area contributed by atoms with E-state index in [1.807, 2.05) is 43.6 Å². The van der Waals surface area contributed by atoms with Crippen molar-refractivity contribution in [2.24, 2.45) is 7.05 Å². The van der Waals surface area contributed by atoms with Crippen LogP contribution in [0.15, 0.2) is 59.2 Å². The van der Waals surface area contributed by atoms with Gasteiger partial charge in [0.15, 0.2) is 0 Å². The topological polar surface area (TPSA) is 14.2 Å². The van der Waals surface area contributed by atoms with E-state index in [4.69, 9.17) is 4.74 Å². The van der Waals surface area contributed by atoms with Gasteiger partial charge in [0.25, 0.3) is 0 Å². The molecule has 0 aliphatic carbocycles. The standard InChI is InChI=1S/C16H14BrNO/c1-18-10-9-13-15(8-7-14(17)16(13)18)19-11-12-5-3-2-4-6-12/h2-10H,11H2,1H3. The summed E-state index contributed by atoms with van der Waals surface area (Å²) in [5, 5.41) is 1.13. The van der Waals surface area contributed by atoms with Crippen LogP contribution in [-0.2, 0) is 13.7 Å². The highest BCUT2D eigenvalue weighted by Crippen LogP contribution is 2.32. The highest BCUT2D eigenvalue weighted by Gasteiger charge is 2.08. The van der Waals surface area contributed by atoms with Crippen LogP contribution in [0.3, 0.4) is 0 Å². The van der Waals surface area contributed by atoms with Gasteiger partial charge >= 0.3 is 0 Å². The number of hydrogen-bond acceptors (Lipinski definition) is 1. The van der Waals surface area contributed by atoms with Crippen LogP contribution in [-0.4, -0.2) is 4.57 Å². The first-order chi connectivity index (χ1) is 9.25. The Morgan fingerprint density at radius 2 is 1.84 bits per heavy atom. The first-order valence-corrected chi connectivity index (χ1v) is 6.95. The van der Waals surface area contributed by atoms with Gasteiger partial charge in [0.05, 0.1) is 5.52 Å². The summed E-state index contributed by atoms with van der Waals surface area (Å²) < 4.78 is 9.12. The molecule has 0 N–H and O–H groups in total. The zero-order valence-electron chi connectivity index (χ0n) is 10.6. The Bertz CT molecular complexity index is 703. The Hall–Kier alpha value is -1.74. The third-order valence-corrected chi connectivity index (χ3v) is 3.82. The van der Waals surface area contributed by atoms with Crippen LogP contribution in [0, 0.1) is 0 Å². The van der Waals surface area contributed by atoms with E-state index in [0.29, 0.717) is 6.61 Å². The van der Waals surface area contributed by atoms with Gasteiger partial charge in [-0.3, -0.25) is 0 Å². The molecule has 3 heteroatoms. The van der Waals surface area contributed by atoms with Crippen molar-refractivity contribution in [1.82, 2.24) is 4.57 Å². The molecule has 0 aliphatic rings. The number of aromatic nitrogens is 1. The first kappa shape index (κ1) is 12.3. The number of ether oxygens (including phenoxy) is 1. The molecule has 0 spiro atoms. The lowest BCUT2D eigenvalue weighted by molar-refractivity contribution is 0.310. The third kappa shape index (κ3) is 2.38. The number of benzene rings is 2. The Morgan fingerprint density at radius 1 is 1.05 bits per heavy atom.